The lowest BCUT2D eigenvalue weighted by Crippen LogP contribution is -2.56. The Morgan fingerprint density at radius 1 is 1.44 bits per heavy atom. The molecule has 3 heteroatoms. The first kappa shape index (κ1) is 13.9. The van der Waals surface area contributed by atoms with Crippen molar-refractivity contribution < 1.29 is 4.74 Å². The standard InChI is InChI=1S/C13H28N2O/c1-5-16-7-6-15-10-13(8-11(2)3)14-9-12(15)4/h11-14H,5-10H2,1-4H3. The van der Waals surface area contributed by atoms with E-state index in [1.807, 2.05) is 0 Å². The second-order valence-corrected chi connectivity index (χ2v) is 5.28. The second-order valence-electron chi connectivity index (χ2n) is 5.28. The van der Waals surface area contributed by atoms with Crippen molar-refractivity contribution in [3.63, 3.8) is 0 Å². The van der Waals surface area contributed by atoms with Crippen molar-refractivity contribution >= 4 is 0 Å². The lowest BCUT2D eigenvalue weighted by atomic mass is 10.0. The molecule has 2 unspecified atom stereocenters. The Hall–Kier alpha value is -0.120. The molecule has 1 rings (SSSR count). The van der Waals surface area contributed by atoms with Crippen LogP contribution in [0, 0.1) is 5.92 Å². The summed E-state index contributed by atoms with van der Waals surface area (Å²) < 4.78 is 5.44. The van der Waals surface area contributed by atoms with Gasteiger partial charge in [-0.15, -0.1) is 0 Å². The molecule has 1 aliphatic rings. The number of nitrogens with one attached hydrogen (secondary N) is 1. The summed E-state index contributed by atoms with van der Waals surface area (Å²) in [5.74, 6) is 0.777. The second kappa shape index (κ2) is 7.25. The highest BCUT2D eigenvalue weighted by Crippen LogP contribution is 2.12. The molecule has 1 aliphatic heterocycles. The van der Waals surface area contributed by atoms with E-state index in [-0.39, 0.29) is 0 Å². The first-order valence-electron chi connectivity index (χ1n) is 6.68. The summed E-state index contributed by atoms with van der Waals surface area (Å²) in [6, 6.07) is 1.31. The Kier molecular flexibility index (Phi) is 6.32. The summed E-state index contributed by atoms with van der Waals surface area (Å²) >= 11 is 0. The molecule has 96 valence electrons. The Labute approximate surface area is 101 Å². The van der Waals surface area contributed by atoms with Gasteiger partial charge in [-0.25, -0.2) is 0 Å². The number of rotatable bonds is 6. The van der Waals surface area contributed by atoms with E-state index < -0.39 is 0 Å². The predicted octanol–water partition coefficient (Wildman–Crippen LogP) is 1.73. The van der Waals surface area contributed by atoms with Crippen molar-refractivity contribution in [3.05, 3.63) is 0 Å². The van der Waals surface area contributed by atoms with Gasteiger partial charge in [-0.2, -0.15) is 0 Å². The van der Waals surface area contributed by atoms with Crippen molar-refractivity contribution in [3.8, 4) is 0 Å². The zero-order chi connectivity index (χ0) is 12.0. The van der Waals surface area contributed by atoms with Crippen molar-refractivity contribution in [2.45, 2.75) is 46.2 Å². The van der Waals surface area contributed by atoms with Gasteiger partial charge in [-0.05, 0) is 26.2 Å². The fraction of sp³-hybridized carbons (Fsp3) is 1.00. The first-order chi connectivity index (χ1) is 7.63. The highest BCUT2D eigenvalue weighted by Gasteiger charge is 2.24. The number of hydrogen-bond donors (Lipinski definition) is 1. The summed E-state index contributed by atoms with van der Waals surface area (Å²) in [6.45, 7) is 14.0. The van der Waals surface area contributed by atoms with Crippen LogP contribution in [-0.4, -0.2) is 49.8 Å². The SMILES string of the molecule is CCOCCN1CC(CC(C)C)NCC1C. The molecule has 1 saturated heterocycles. The molecule has 0 aromatic carbocycles. The van der Waals surface area contributed by atoms with Gasteiger partial charge in [0.15, 0.2) is 0 Å². The molecule has 0 amide bonds. The highest BCUT2D eigenvalue weighted by molar-refractivity contribution is 4.84. The van der Waals surface area contributed by atoms with Crippen LogP contribution in [-0.2, 0) is 4.74 Å². The van der Waals surface area contributed by atoms with Crippen LogP contribution in [0.4, 0.5) is 0 Å². The molecule has 0 radical (unpaired) electrons. The Morgan fingerprint density at radius 3 is 2.81 bits per heavy atom. The molecular formula is C13H28N2O. The van der Waals surface area contributed by atoms with Crippen molar-refractivity contribution in [2.24, 2.45) is 5.92 Å². The molecule has 0 saturated carbocycles. The zero-order valence-corrected chi connectivity index (χ0v) is 11.3. The summed E-state index contributed by atoms with van der Waals surface area (Å²) in [7, 11) is 0. The molecule has 16 heavy (non-hydrogen) atoms. The van der Waals surface area contributed by atoms with Crippen LogP contribution in [0.1, 0.15) is 34.1 Å². The van der Waals surface area contributed by atoms with Crippen LogP contribution >= 0.6 is 0 Å². The maximum atomic E-state index is 5.44. The highest BCUT2D eigenvalue weighted by atomic mass is 16.5. The topological polar surface area (TPSA) is 24.5 Å². The minimum atomic E-state index is 0.642. The van der Waals surface area contributed by atoms with Gasteiger partial charge in [0, 0.05) is 38.3 Å². The Bertz CT molecular complexity index is 185. The number of hydrogen-bond acceptors (Lipinski definition) is 3. The van der Waals surface area contributed by atoms with Crippen LogP contribution in [0.5, 0.6) is 0 Å². The van der Waals surface area contributed by atoms with Gasteiger partial charge in [0.05, 0.1) is 6.61 Å². The van der Waals surface area contributed by atoms with E-state index in [1.54, 1.807) is 0 Å². The van der Waals surface area contributed by atoms with Crippen molar-refractivity contribution in [2.75, 3.05) is 32.8 Å². The summed E-state index contributed by atoms with van der Waals surface area (Å²) in [6.07, 6.45) is 1.28. The number of nitrogens with zero attached hydrogens (tertiary/aromatic N) is 1. The van der Waals surface area contributed by atoms with Gasteiger partial charge < -0.3 is 10.1 Å². The fourth-order valence-electron chi connectivity index (χ4n) is 2.36. The van der Waals surface area contributed by atoms with Gasteiger partial charge in [-0.3, -0.25) is 4.90 Å². The third-order valence-corrected chi connectivity index (χ3v) is 3.26. The van der Waals surface area contributed by atoms with E-state index in [4.69, 9.17) is 4.74 Å². The molecular weight excluding hydrogens is 200 g/mol. The maximum Gasteiger partial charge on any atom is 0.0593 e. The fourth-order valence-corrected chi connectivity index (χ4v) is 2.36. The van der Waals surface area contributed by atoms with E-state index in [0.29, 0.717) is 12.1 Å². The van der Waals surface area contributed by atoms with E-state index in [1.165, 1.54) is 13.0 Å². The average Bonchev–Trinajstić information content (AvgIpc) is 2.22. The quantitative estimate of drug-likeness (QED) is 0.701. The van der Waals surface area contributed by atoms with E-state index >= 15 is 0 Å². The monoisotopic (exact) mass is 228 g/mol. The number of piperazine rings is 1. The van der Waals surface area contributed by atoms with Crippen LogP contribution in [0.2, 0.25) is 0 Å². The van der Waals surface area contributed by atoms with Crippen LogP contribution < -0.4 is 5.32 Å². The molecule has 0 spiro atoms. The molecule has 1 N–H and O–H groups in total. The van der Waals surface area contributed by atoms with Crippen LogP contribution in [0.15, 0.2) is 0 Å². The average molecular weight is 228 g/mol. The lowest BCUT2D eigenvalue weighted by molar-refractivity contribution is 0.0727. The molecule has 2 atom stereocenters. The Balaban J connectivity index is 2.30. The van der Waals surface area contributed by atoms with Crippen LogP contribution in [0.25, 0.3) is 0 Å². The third kappa shape index (κ3) is 4.81. The van der Waals surface area contributed by atoms with E-state index in [0.717, 1.165) is 32.2 Å². The van der Waals surface area contributed by atoms with Gasteiger partial charge in [0.2, 0.25) is 0 Å². The van der Waals surface area contributed by atoms with Gasteiger partial charge in [0.1, 0.15) is 0 Å². The smallest absolute Gasteiger partial charge is 0.0593 e. The third-order valence-electron chi connectivity index (χ3n) is 3.26. The van der Waals surface area contributed by atoms with Crippen molar-refractivity contribution in [1.29, 1.82) is 0 Å². The molecule has 1 heterocycles. The molecule has 3 nitrogen and oxygen atoms in total. The summed E-state index contributed by atoms with van der Waals surface area (Å²) in [4.78, 5) is 2.55. The lowest BCUT2D eigenvalue weighted by Gasteiger charge is -2.39. The first-order valence-corrected chi connectivity index (χ1v) is 6.68. The summed E-state index contributed by atoms with van der Waals surface area (Å²) in [5.41, 5.74) is 0. The van der Waals surface area contributed by atoms with Gasteiger partial charge in [-0.1, -0.05) is 13.8 Å². The minimum absolute atomic E-state index is 0.642. The predicted molar refractivity (Wildman–Crippen MR) is 68.8 cm³/mol. The minimum Gasteiger partial charge on any atom is -0.380 e. The van der Waals surface area contributed by atoms with E-state index in [2.05, 4.69) is 37.9 Å². The molecule has 0 aromatic heterocycles. The van der Waals surface area contributed by atoms with Crippen molar-refractivity contribution in [1.82, 2.24) is 10.2 Å². The Morgan fingerprint density at radius 2 is 2.19 bits per heavy atom. The maximum absolute atomic E-state index is 5.44. The largest absolute Gasteiger partial charge is 0.380 e. The molecule has 1 fully saturated rings. The van der Waals surface area contributed by atoms with Gasteiger partial charge in [0.25, 0.3) is 0 Å². The van der Waals surface area contributed by atoms with Crippen LogP contribution in [0.3, 0.4) is 0 Å². The zero-order valence-electron chi connectivity index (χ0n) is 11.3. The number of ether oxygens (including phenoxy) is 1. The molecule has 0 aromatic rings. The summed E-state index contributed by atoms with van der Waals surface area (Å²) in [5, 5.41) is 3.64. The molecule has 0 bridgehead atoms. The normalized spacial score (nSPS) is 27.6. The van der Waals surface area contributed by atoms with Gasteiger partial charge >= 0.3 is 0 Å². The van der Waals surface area contributed by atoms with E-state index in [9.17, 15) is 0 Å². The molecule has 0 aliphatic carbocycles.